The summed E-state index contributed by atoms with van der Waals surface area (Å²) >= 11 is 0. The minimum atomic E-state index is -4.67. The minimum Gasteiger partial charge on any atom is -0.478 e. The van der Waals surface area contributed by atoms with Gasteiger partial charge in [0.15, 0.2) is 0 Å². The monoisotopic (exact) mass is 469 g/mol. The summed E-state index contributed by atoms with van der Waals surface area (Å²) in [6, 6.07) is 14.3. The number of para-hydroxylation sites is 1. The maximum Gasteiger partial charge on any atom is 0.416 e. The highest BCUT2D eigenvalue weighted by molar-refractivity contribution is 6.28. The smallest absolute Gasteiger partial charge is 0.416 e. The number of carbonyl (C=O) groups excluding carboxylic acids is 2. The van der Waals surface area contributed by atoms with E-state index >= 15 is 0 Å². The Kier molecular flexibility index (Phi) is 5.74. The lowest BCUT2D eigenvalue weighted by molar-refractivity contribution is -0.137. The molecule has 4 amide bonds. The van der Waals surface area contributed by atoms with Crippen LogP contribution in [-0.2, 0) is 6.18 Å². The first kappa shape index (κ1) is 22.8. The third kappa shape index (κ3) is 3.94. The van der Waals surface area contributed by atoms with Gasteiger partial charge in [-0.15, -0.1) is 0 Å². The van der Waals surface area contributed by atoms with Crippen molar-refractivity contribution in [2.75, 3.05) is 21.2 Å². The molecule has 0 aromatic heterocycles. The van der Waals surface area contributed by atoms with Gasteiger partial charge in [-0.25, -0.2) is 19.3 Å². The first-order valence-corrected chi connectivity index (χ1v) is 10.2. The fourth-order valence-electron chi connectivity index (χ4n) is 3.72. The van der Waals surface area contributed by atoms with E-state index in [0.717, 1.165) is 21.9 Å². The molecular weight excluding hydrogens is 451 g/mol. The molecule has 7 nitrogen and oxygen atoms in total. The molecule has 0 fully saturated rings. The third-order valence-electron chi connectivity index (χ3n) is 5.34. The molecule has 3 aromatic rings. The normalized spacial score (nSPS) is 14.2. The highest BCUT2D eigenvalue weighted by Gasteiger charge is 2.41. The van der Waals surface area contributed by atoms with E-state index < -0.39 is 29.8 Å². The van der Waals surface area contributed by atoms with E-state index in [-0.39, 0.29) is 34.9 Å². The molecule has 0 saturated carbocycles. The van der Waals surface area contributed by atoms with Crippen molar-refractivity contribution in [2.45, 2.75) is 13.1 Å². The van der Waals surface area contributed by atoms with E-state index in [0.29, 0.717) is 0 Å². The Morgan fingerprint density at radius 3 is 2.00 bits per heavy atom. The average Bonchev–Trinajstić information content (AvgIpc) is 2.89. The number of rotatable bonds is 4. The van der Waals surface area contributed by atoms with Gasteiger partial charge in [0.05, 0.1) is 33.9 Å². The number of benzene rings is 3. The molecule has 0 saturated heterocycles. The summed E-state index contributed by atoms with van der Waals surface area (Å²) in [6.45, 7) is 1.70. The Morgan fingerprint density at radius 2 is 1.44 bits per heavy atom. The van der Waals surface area contributed by atoms with E-state index in [2.05, 4.69) is 0 Å². The number of anilines is 4. The van der Waals surface area contributed by atoms with Crippen LogP contribution in [0.1, 0.15) is 22.8 Å². The van der Waals surface area contributed by atoms with Crippen LogP contribution in [0.5, 0.6) is 0 Å². The first-order chi connectivity index (χ1) is 16.1. The number of nitrogens with zero attached hydrogens (tertiary/aromatic N) is 3. The van der Waals surface area contributed by atoms with E-state index in [4.69, 9.17) is 5.11 Å². The molecule has 174 valence electrons. The van der Waals surface area contributed by atoms with Gasteiger partial charge in [-0.05, 0) is 61.5 Å². The predicted octanol–water partition coefficient (Wildman–Crippen LogP) is 6.13. The van der Waals surface area contributed by atoms with Crippen LogP contribution >= 0.6 is 0 Å². The number of carboxylic acid groups (broad SMARTS) is 1. The van der Waals surface area contributed by atoms with E-state index in [1.807, 2.05) is 0 Å². The van der Waals surface area contributed by atoms with Gasteiger partial charge in [0, 0.05) is 6.54 Å². The number of hydrogen-bond donors (Lipinski definition) is 1. The van der Waals surface area contributed by atoms with E-state index in [9.17, 15) is 27.6 Å². The second-order valence-electron chi connectivity index (χ2n) is 7.37. The molecular formula is C24H18F3N3O4. The second-order valence-corrected chi connectivity index (χ2v) is 7.37. The Balaban J connectivity index is 1.96. The van der Waals surface area contributed by atoms with Crippen LogP contribution in [-0.4, -0.2) is 29.7 Å². The van der Waals surface area contributed by atoms with E-state index in [1.165, 1.54) is 35.2 Å². The number of carboxylic acids is 1. The maximum atomic E-state index is 13.8. The lowest BCUT2D eigenvalue weighted by Gasteiger charge is -2.27. The number of amides is 4. The maximum absolute atomic E-state index is 13.8. The highest BCUT2D eigenvalue weighted by Crippen LogP contribution is 2.43. The van der Waals surface area contributed by atoms with Crippen molar-refractivity contribution in [3.63, 3.8) is 0 Å². The molecule has 4 rings (SSSR count). The number of hydrogen-bond acceptors (Lipinski definition) is 3. The zero-order valence-corrected chi connectivity index (χ0v) is 17.8. The molecule has 34 heavy (non-hydrogen) atoms. The average molecular weight is 469 g/mol. The summed E-state index contributed by atoms with van der Waals surface area (Å²) in [5.41, 5.74) is -0.672. The van der Waals surface area contributed by atoms with Crippen LogP contribution < -0.4 is 14.7 Å². The van der Waals surface area contributed by atoms with Crippen molar-refractivity contribution in [1.29, 1.82) is 0 Å². The molecule has 1 aliphatic rings. The van der Waals surface area contributed by atoms with E-state index in [1.54, 1.807) is 37.3 Å². The quantitative estimate of drug-likeness (QED) is 0.499. The molecule has 3 aromatic carbocycles. The van der Waals surface area contributed by atoms with Crippen molar-refractivity contribution in [3.05, 3.63) is 83.9 Å². The zero-order chi connectivity index (χ0) is 24.6. The molecule has 1 aliphatic heterocycles. The Hall–Kier alpha value is -4.34. The van der Waals surface area contributed by atoms with Gasteiger partial charge >= 0.3 is 24.2 Å². The molecule has 0 atom stereocenters. The first-order valence-electron chi connectivity index (χ1n) is 10.2. The molecule has 0 bridgehead atoms. The summed E-state index contributed by atoms with van der Waals surface area (Å²) in [7, 11) is 0. The lowest BCUT2D eigenvalue weighted by atomic mass is 10.1. The number of alkyl halides is 3. The molecule has 0 radical (unpaired) electrons. The third-order valence-corrected chi connectivity index (χ3v) is 5.34. The summed E-state index contributed by atoms with van der Waals surface area (Å²) in [5, 5.41) is 9.16. The highest BCUT2D eigenvalue weighted by atomic mass is 19.4. The topological polar surface area (TPSA) is 81.2 Å². The number of carbonyl (C=O) groups is 3. The largest absolute Gasteiger partial charge is 0.478 e. The molecule has 10 heteroatoms. The van der Waals surface area contributed by atoms with Crippen LogP contribution in [0, 0.1) is 0 Å². The Morgan fingerprint density at radius 1 is 0.824 bits per heavy atom. The summed E-state index contributed by atoms with van der Waals surface area (Å²) in [4.78, 5) is 41.5. The standard InChI is InChI=1S/C24H18F3N3O4/c1-2-28-19-13-10-16(24(25,26)27)14-20(19)29(17-6-4-3-5-7-17)23(34)30(22(28)33)18-11-8-15(9-12-18)21(31)32/h3-14H,2H2,1H3,(H,31,32). The Labute approximate surface area is 192 Å². The molecule has 1 heterocycles. The van der Waals surface area contributed by atoms with Crippen LogP contribution in [0.25, 0.3) is 0 Å². The zero-order valence-electron chi connectivity index (χ0n) is 17.8. The number of aromatic carboxylic acids is 1. The predicted molar refractivity (Wildman–Crippen MR) is 120 cm³/mol. The van der Waals surface area contributed by atoms with Crippen molar-refractivity contribution in [3.8, 4) is 0 Å². The van der Waals surface area contributed by atoms with Crippen LogP contribution in [0.15, 0.2) is 72.8 Å². The van der Waals surface area contributed by atoms with Crippen molar-refractivity contribution in [1.82, 2.24) is 0 Å². The van der Waals surface area contributed by atoms with Crippen molar-refractivity contribution < 1.29 is 32.7 Å². The second kappa shape index (κ2) is 8.54. The van der Waals surface area contributed by atoms with Gasteiger partial charge < -0.3 is 5.11 Å². The molecule has 1 N–H and O–H groups in total. The molecule has 0 aliphatic carbocycles. The summed E-state index contributed by atoms with van der Waals surface area (Å²) in [5.74, 6) is -1.19. The minimum absolute atomic E-state index is 0.0520. The fraction of sp³-hybridized carbons (Fsp3) is 0.125. The Bertz CT molecular complexity index is 1260. The van der Waals surface area contributed by atoms with Gasteiger partial charge in [0.2, 0.25) is 0 Å². The summed E-state index contributed by atoms with van der Waals surface area (Å²) < 4.78 is 40.6. The van der Waals surface area contributed by atoms with Crippen LogP contribution in [0.2, 0.25) is 0 Å². The number of imide groups is 1. The lowest BCUT2D eigenvalue weighted by Crippen LogP contribution is -2.48. The summed E-state index contributed by atoms with van der Waals surface area (Å²) in [6.07, 6.45) is -4.67. The van der Waals surface area contributed by atoms with Crippen molar-refractivity contribution >= 4 is 40.8 Å². The number of fused-ring (bicyclic) bond motifs is 1. The van der Waals surface area contributed by atoms with Crippen molar-refractivity contribution in [2.24, 2.45) is 0 Å². The number of urea groups is 2. The van der Waals surface area contributed by atoms with Gasteiger partial charge in [0.25, 0.3) is 0 Å². The van der Waals surface area contributed by atoms with Crippen LogP contribution in [0.4, 0.5) is 45.5 Å². The van der Waals surface area contributed by atoms with Gasteiger partial charge in [-0.1, -0.05) is 18.2 Å². The van der Waals surface area contributed by atoms with Crippen LogP contribution in [0.3, 0.4) is 0 Å². The van der Waals surface area contributed by atoms with Gasteiger partial charge in [0.1, 0.15) is 0 Å². The molecule has 0 unspecified atom stereocenters. The SMILES string of the molecule is CCN1C(=O)N(c2ccc(C(=O)O)cc2)C(=O)N(c2ccccc2)c2cc(C(F)(F)F)ccc21. The molecule has 0 spiro atoms. The number of halogens is 3. The van der Waals surface area contributed by atoms with Gasteiger partial charge in [-0.2, -0.15) is 13.2 Å². The van der Waals surface area contributed by atoms with Gasteiger partial charge in [-0.3, -0.25) is 9.80 Å². The fourth-order valence-corrected chi connectivity index (χ4v) is 3.72.